The van der Waals surface area contributed by atoms with Gasteiger partial charge >= 0.3 is 5.97 Å². The van der Waals surface area contributed by atoms with Crippen molar-refractivity contribution in [3.8, 4) is 17.4 Å². The summed E-state index contributed by atoms with van der Waals surface area (Å²) in [5, 5.41) is 11.2. The van der Waals surface area contributed by atoms with Crippen molar-refractivity contribution in [2.45, 2.75) is 13.2 Å². The number of nitro benzene ring substituents is 1. The summed E-state index contributed by atoms with van der Waals surface area (Å²) in [7, 11) is 0. The van der Waals surface area contributed by atoms with Gasteiger partial charge in [-0.25, -0.2) is 9.78 Å². The molecule has 1 aromatic carbocycles. The number of hydrogen-bond donors (Lipinski definition) is 0. The Bertz CT molecular complexity index is 1090. The Hall–Kier alpha value is -4.05. The Morgan fingerprint density at radius 3 is 2.90 bits per heavy atom. The van der Waals surface area contributed by atoms with E-state index in [4.69, 9.17) is 18.9 Å². The van der Waals surface area contributed by atoms with Crippen molar-refractivity contribution in [2.24, 2.45) is 0 Å². The second-order valence-corrected chi connectivity index (χ2v) is 6.18. The van der Waals surface area contributed by atoms with Gasteiger partial charge in [0.05, 0.1) is 17.7 Å². The first kappa shape index (κ1) is 19.3. The highest BCUT2D eigenvalue weighted by Gasteiger charge is 2.23. The maximum atomic E-state index is 12.7. The lowest BCUT2D eigenvalue weighted by molar-refractivity contribution is -0.385. The van der Waals surface area contributed by atoms with Gasteiger partial charge in [0.25, 0.3) is 5.69 Å². The van der Waals surface area contributed by atoms with Gasteiger partial charge in [-0.1, -0.05) is 0 Å². The average molecular weight is 409 g/mol. The first-order chi connectivity index (χ1) is 14.6. The number of fused-ring (bicyclic) bond motifs is 1. The van der Waals surface area contributed by atoms with E-state index in [1.54, 1.807) is 24.4 Å². The molecule has 30 heavy (non-hydrogen) atoms. The fourth-order valence-electron chi connectivity index (χ4n) is 2.86. The fourth-order valence-corrected chi connectivity index (χ4v) is 2.86. The third-order valence-electron chi connectivity index (χ3n) is 4.18. The van der Waals surface area contributed by atoms with Crippen molar-refractivity contribution in [3.05, 3.63) is 81.8 Å². The van der Waals surface area contributed by atoms with Crippen molar-refractivity contribution in [3.63, 3.8) is 0 Å². The lowest BCUT2D eigenvalue weighted by Crippen LogP contribution is -2.15. The van der Waals surface area contributed by atoms with Crippen LogP contribution in [0.15, 0.2) is 55.0 Å². The van der Waals surface area contributed by atoms with Gasteiger partial charge in [-0.2, -0.15) is 0 Å². The molecule has 10 heteroatoms. The minimum Gasteiger partial charge on any atom is -0.467 e. The van der Waals surface area contributed by atoms with E-state index in [0.717, 1.165) is 0 Å². The summed E-state index contributed by atoms with van der Waals surface area (Å²) in [5.41, 5.74) is 0.846. The summed E-state index contributed by atoms with van der Waals surface area (Å²) in [6, 6.07) is 9.13. The first-order valence-electron chi connectivity index (χ1n) is 8.82. The monoisotopic (exact) mass is 409 g/mol. The molecule has 2 aromatic heterocycles. The van der Waals surface area contributed by atoms with Crippen molar-refractivity contribution < 1.29 is 28.7 Å². The van der Waals surface area contributed by atoms with Gasteiger partial charge < -0.3 is 18.9 Å². The van der Waals surface area contributed by atoms with Gasteiger partial charge in [0.2, 0.25) is 5.88 Å². The topological polar surface area (TPSA) is 123 Å². The molecule has 10 nitrogen and oxygen atoms in total. The van der Waals surface area contributed by atoms with E-state index in [1.807, 2.05) is 0 Å². The zero-order valence-electron chi connectivity index (χ0n) is 15.5. The molecule has 0 fully saturated rings. The van der Waals surface area contributed by atoms with E-state index in [2.05, 4.69) is 9.97 Å². The van der Waals surface area contributed by atoms with E-state index in [-0.39, 0.29) is 37.1 Å². The van der Waals surface area contributed by atoms with Crippen LogP contribution in [0.5, 0.6) is 17.4 Å². The molecule has 0 bridgehead atoms. The summed E-state index contributed by atoms with van der Waals surface area (Å²) < 4.78 is 21.6. The molecule has 0 atom stereocenters. The van der Waals surface area contributed by atoms with E-state index in [0.29, 0.717) is 22.6 Å². The van der Waals surface area contributed by atoms with E-state index >= 15 is 0 Å². The molecule has 0 radical (unpaired) electrons. The number of nitro groups is 1. The molecule has 0 unspecified atom stereocenters. The van der Waals surface area contributed by atoms with Gasteiger partial charge in [0.1, 0.15) is 23.7 Å². The maximum absolute atomic E-state index is 12.7. The zero-order chi connectivity index (χ0) is 20.9. The van der Waals surface area contributed by atoms with Crippen molar-refractivity contribution in [1.29, 1.82) is 0 Å². The molecule has 0 aliphatic carbocycles. The summed E-state index contributed by atoms with van der Waals surface area (Å²) >= 11 is 0. The molecule has 3 heterocycles. The Kier molecular flexibility index (Phi) is 5.48. The van der Waals surface area contributed by atoms with Crippen LogP contribution in [0.25, 0.3) is 0 Å². The Morgan fingerprint density at radius 1 is 1.23 bits per heavy atom. The zero-order valence-corrected chi connectivity index (χ0v) is 15.5. The van der Waals surface area contributed by atoms with Gasteiger partial charge in [0, 0.05) is 35.7 Å². The van der Waals surface area contributed by atoms with Crippen molar-refractivity contribution in [2.75, 3.05) is 6.79 Å². The van der Waals surface area contributed by atoms with Crippen LogP contribution in [0.3, 0.4) is 0 Å². The van der Waals surface area contributed by atoms with Crippen LogP contribution < -0.4 is 9.47 Å². The minimum absolute atomic E-state index is 0.0114. The number of rotatable bonds is 6. The Morgan fingerprint density at radius 2 is 2.10 bits per heavy atom. The quantitative estimate of drug-likeness (QED) is 0.342. The van der Waals surface area contributed by atoms with Crippen LogP contribution in [0, 0.1) is 10.1 Å². The summed E-state index contributed by atoms with van der Waals surface area (Å²) in [5.74, 6) is 0.180. The molecule has 3 aromatic rings. The second-order valence-electron chi connectivity index (χ2n) is 6.18. The number of non-ortho nitro benzene ring substituents is 1. The van der Waals surface area contributed by atoms with Gasteiger partial charge in [-0.05, 0) is 24.3 Å². The Balaban J connectivity index is 1.55. The smallest absolute Gasteiger partial charge is 0.344 e. The van der Waals surface area contributed by atoms with Crippen LogP contribution in [0.2, 0.25) is 0 Å². The molecule has 0 amide bonds. The van der Waals surface area contributed by atoms with Crippen LogP contribution in [-0.4, -0.2) is 27.7 Å². The first-order valence-corrected chi connectivity index (χ1v) is 8.82. The van der Waals surface area contributed by atoms with E-state index in [1.165, 1.54) is 30.6 Å². The predicted octanol–water partition coefficient (Wildman–Crippen LogP) is 3.40. The molecule has 152 valence electrons. The SMILES string of the molecule is O=C(OCc1cc([N+](=O)[O-])cc2c1OCOC2)c1cccnc1Oc1cccnc1. The van der Waals surface area contributed by atoms with Crippen LogP contribution in [-0.2, 0) is 22.7 Å². The number of aromatic nitrogens is 2. The van der Waals surface area contributed by atoms with Crippen molar-refractivity contribution in [1.82, 2.24) is 9.97 Å². The van der Waals surface area contributed by atoms with Gasteiger partial charge in [0.15, 0.2) is 6.79 Å². The summed E-state index contributed by atoms with van der Waals surface area (Å²) in [6.45, 7) is -0.0504. The predicted molar refractivity (Wildman–Crippen MR) is 101 cm³/mol. The third-order valence-corrected chi connectivity index (χ3v) is 4.18. The number of benzene rings is 1. The summed E-state index contributed by atoms with van der Waals surface area (Å²) in [6.07, 6.45) is 4.55. The Labute approximate surface area is 170 Å². The highest BCUT2D eigenvalue weighted by molar-refractivity contribution is 5.91. The molecule has 1 aliphatic heterocycles. The fraction of sp³-hybridized carbons (Fsp3) is 0.150. The van der Waals surface area contributed by atoms with Crippen LogP contribution in [0.4, 0.5) is 5.69 Å². The lowest BCUT2D eigenvalue weighted by Gasteiger charge is -2.20. The number of pyridine rings is 2. The number of nitrogens with zero attached hydrogens (tertiary/aromatic N) is 3. The van der Waals surface area contributed by atoms with E-state index in [9.17, 15) is 14.9 Å². The largest absolute Gasteiger partial charge is 0.467 e. The number of esters is 1. The molecule has 1 aliphatic rings. The molecular weight excluding hydrogens is 394 g/mol. The number of carbonyl (C=O) groups excluding carboxylic acids is 1. The summed E-state index contributed by atoms with van der Waals surface area (Å²) in [4.78, 5) is 31.4. The lowest BCUT2D eigenvalue weighted by atomic mass is 10.1. The van der Waals surface area contributed by atoms with Crippen LogP contribution in [0.1, 0.15) is 21.5 Å². The normalized spacial score (nSPS) is 12.4. The second kappa shape index (κ2) is 8.53. The minimum atomic E-state index is -0.700. The highest BCUT2D eigenvalue weighted by atomic mass is 16.7. The molecular formula is C20H15N3O7. The van der Waals surface area contributed by atoms with Crippen molar-refractivity contribution >= 4 is 11.7 Å². The molecule has 0 saturated heterocycles. The molecule has 0 saturated carbocycles. The number of ether oxygens (including phenoxy) is 4. The standard InChI is InChI=1S/C20H15N3O7/c24-20(17-4-2-6-22-19(17)30-16-3-1-5-21-9-16)28-11-14-8-15(23(25)26)7-13-10-27-12-29-18(13)14/h1-9H,10-12H2. The average Bonchev–Trinajstić information content (AvgIpc) is 2.78. The third kappa shape index (κ3) is 4.18. The van der Waals surface area contributed by atoms with E-state index < -0.39 is 10.9 Å². The van der Waals surface area contributed by atoms with Gasteiger partial charge in [-0.3, -0.25) is 15.1 Å². The molecule has 4 rings (SSSR count). The van der Waals surface area contributed by atoms with Crippen LogP contribution >= 0.6 is 0 Å². The number of hydrogen-bond acceptors (Lipinski definition) is 9. The maximum Gasteiger partial charge on any atom is 0.344 e. The molecule has 0 N–H and O–H groups in total. The molecule has 0 spiro atoms. The highest BCUT2D eigenvalue weighted by Crippen LogP contribution is 2.33. The number of carbonyl (C=O) groups is 1. The van der Waals surface area contributed by atoms with Gasteiger partial charge in [-0.15, -0.1) is 0 Å².